The molecule has 20 heteroatoms. The summed E-state index contributed by atoms with van der Waals surface area (Å²) in [6.07, 6.45) is 5.98. The largest absolute Gasteiger partial charge is 0.493 e. The molecule has 0 spiro atoms. The van der Waals surface area contributed by atoms with Crippen LogP contribution in [0.2, 0.25) is 0 Å². The third kappa shape index (κ3) is 16.9. The van der Waals surface area contributed by atoms with Crippen LogP contribution in [0.4, 0.5) is 49.0 Å². The van der Waals surface area contributed by atoms with Crippen molar-refractivity contribution in [2.45, 2.75) is 79.1 Å². The maximum absolute atomic E-state index is 13.3. The number of carbonyl (C=O) groups is 3. The minimum Gasteiger partial charge on any atom is -0.493 e. The number of ether oxygens (including phenoxy) is 2. The molecule has 6 aromatic carbocycles. The maximum Gasteiger partial charge on any atom is 0.324 e. The summed E-state index contributed by atoms with van der Waals surface area (Å²) in [6.45, 7) is 17.5. The van der Waals surface area contributed by atoms with E-state index >= 15 is 0 Å². The third-order valence-corrected chi connectivity index (χ3v) is 13.8. The van der Waals surface area contributed by atoms with E-state index in [9.17, 15) is 14.4 Å². The first-order chi connectivity index (χ1) is 42.2. The van der Waals surface area contributed by atoms with Gasteiger partial charge in [0, 0.05) is 83.8 Å². The molecule has 6 amide bonds. The number of nitrogens with two attached hydrogens (primary N) is 1. The Balaban J connectivity index is 0.000000216. The average Bonchev–Trinajstić information content (AvgIpc) is 2.19. The standard InChI is InChI=1S/C34H37N7O3.C32H34N6O2.C2H3NO/c1-22-10-12-24(13-11-22)41-31(21-29(40-41)34(2,3)4)39-33(43)37-27-14-15-28(26-9-7-6-8-25(26)27)44-19-17-23-16-18-36-30(20-23)38-32(42)35-5;1-21-9-11-23(12-10-21)38-30(20-28(37-38)32(2,3)4)36-31(39)35-26-13-14-27(25-8-6-5-7-24(25)26)40-18-16-22-15-17-34-29(33)19-22;1-3-2-4/h6-16,18,20-21H,17,19H2,1-5H3,(H2,37,39,43)(H2,35,36,38,42);5-15,17,19-20H,16,18H2,1-4H3,(H2,33,34)(H2,35,36,39);1H3. The monoisotopic (exact) mass is 1180 g/mol. The highest BCUT2D eigenvalue weighted by molar-refractivity contribution is 6.08. The fraction of sp³-hybridized carbons (Fsp3) is 0.235. The molecule has 0 aliphatic rings. The molecule has 10 rings (SSSR count). The van der Waals surface area contributed by atoms with Crippen LogP contribution in [0.25, 0.3) is 32.9 Å². The van der Waals surface area contributed by atoms with Crippen molar-refractivity contribution in [2.24, 2.45) is 4.99 Å². The molecular formula is C68H74N14O6. The molecule has 0 aliphatic heterocycles. The molecule has 0 radical (unpaired) electrons. The Morgan fingerprint density at radius 1 is 0.534 bits per heavy atom. The Morgan fingerprint density at radius 3 is 1.36 bits per heavy atom. The number of aromatic nitrogens is 6. The molecule has 10 aromatic rings. The van der Waals surface area contributed by atoms with E-state index in [1.54, 1.807) is 28.8 Å². The van der Waals surface area contributed by atoms with Crippen LogP contribution in [0, 0.1) is 13.8 Å². The van der Waals surface area contributed by atoms with Gasteiger partial charge in [-0.25, -0.2) is 43.5 Å². The van der Waals surface area contributed by atoms with Crippen molar-refractivity contribution in [3.8, 4) is 22.9 Å². The topological polar surface area (TPSA) is 259 Å². The number of aryl methyl sites for hydroxylation is 2. The van der Waals surface area contributed by atoms with Gasteiger partial charge in [-0.2, -0.15) is 10.2 Å². The van der Waals surface area contributed by atoms with Crippen molar-refractivity contribution in [1.82, 2.24) is 34.8 Å². The van der Waals surface area contributed by atoms with Gasteiger partial charge in [-0.3, -0.25) is 16.0 Å². The summed E-state index contributed by atoms with van der Waals surface area (Å²) in [5.74, 6) is 3.58. The molecule has 4 heterocycles. The van der Waals surface area contributed by atoms with Crippen LogP contribution in [-0.4, -0.2) is 81.0 Å². The Hall–Kier alpha value is -10.9. The second-order valence-corrected chi connectivity index (χ2v) is 22.7. The molecule has 0 bridgehead atoms. The van der Waals surface area contributed by atoms with Gasteiger partial charge < -0.3 is 31.2 Å². The van der Waals surface area contributed by atoms with Gasteiger partial charge in [-0.1, -0.05) is 125 Å². The Morgan fingerprint density at radius 2 is 0.955 bits per heavy atom. The molecule has 8 N–H and O–H groups in total. The summed E-state index contributed by atoms with van der Waals surface area (Å²) in [6, 6.07) is 49.4. The zero-order chi connectivity index (χ0) is 63.0. The van der Waals surface area contributed by atoms with Crippen molar-refractivity contribution in [3.05, 3.63) is 204 Å². The van der Waals surface area contributed by atoms with Crippen LogP contribution in [0.5, 0.6) is 11.5 Å². The highest BCUT2D eigenvalue weighted by atomic mass is 16.5. The molecule has 0 saturated heterocycles. The summed E-state index contributed by atoms with van der Waals surface area (Å²) >= 11 is 0. The van der Waals surface area contributed by atoms with E-state index in [0.29, 0.717) is 66.5 Å². The van der Waals surface area contributed by atoms with Gasteiger partial charge in [0.05, 0.1) is 47.4 Å². The first-order valence-electron chi connectivity index (χ1n) is 28.6. The number of nitrogens with one attached hydrogen (secondary N) is 6. The molecule has 0 saturated carbocycles. The number of anilines is 6. The number of nitrogens with zero attached hydrogens (tertiary/aromatic N) is 7. The third-order valence-electron chi connectivity index (χ3n) is 13.8. The van der Waals surface area contributed by atoms with Gasteiger partial charge in [0.25, 0.3) is 0 Å². The predicted molar refractivity (Wildman–Crippen MR) is 351 cm³/mol. The van der Waals surface area contributed by atoms with Crippen molar-refractivity contribution in [2.75, 3.05) is 59.6 Å². The SMILES string of the molecule is CN=C=O.CNC(=O)Nc1cc(CCOc2ccc(NC(=O)Nc3cc(C(C)(C)C)nn3-c3ccc(C)cc3)c3ccccc23)ccn1.Cc1ccc(-n2nc(C(C)(C)C)cc2NC(=O)Nc2ccc(OCCc3ccnc(N)c3)c3ccccc23)cc1. The maximum atomic E-state index is 13.3. The van der Waals surface area contributed by atoms with E-state index < -0.39 is 0 Å². The summed E-state index contributed by atoms with van der Waals surface area (Å²) in [4.78, 5) is 58.2. The fourth-order valence-electron chi connectivity index (χ4n) is 9.08. The molecule has 452 valence electrons. The van der Waals surface area contributed by atoms with E-state index in [1.807, 2.05) is 172 Å². The first-order valence-corrected chi connectivity index (χ1v) is 28.6. The number of pyridine rings is 2. The van der Waals surface area contributed by atoms with Crippen LogP contribution in [-0.2, 0) is 28.5 Å². The summed E-state index contributed by atoms with van der Waals surface area (Å²) in [7, 11) is 2.93. The molecular weight excluding hydrogens is 1110 g/mol. The van der Waals surface area contributed by atoms with Crippen molar-refractivity contribution >= 4 is 80.4 Å². The van der Waals surface area contributed by atoms with Crippen LogP contribution in [0.3, 0.4) is 0 Å². The lowest BCUT2D eigenvalue weighted by Gasteiger charge is -2.14. The van der Waals surface area contributed by atoms with Gasteiger partial charge in [0.1, 0.15) is 34.8 Å². The second-order valence-electron chi connectivity index (χ2n) is 22.7. The zero-order valence-corrected chi connectivity index (χ0v) is 51.2. The lowest BCUT2D eigenvalue weighted by molar-refractivity contribution is 0.253. The normalized spacial score (nSPS) is 11.0. The van der Waals surface area contributed by atoms with Gasteiger partial charge in [-0.05, 0) is 97.8 Å². The predicted octanol–water partition coefficient (Wildman–Crippen LogP) is 13.9. The average molecular weight is 1180 g/mol. The Kier molecular flexibility index (Phi) is 20.7. The zero-order valence-electron chi connectivity index (χ0n) is 51.2. The minimum atomic E-state index is -0.378. The van der Waals surface area contributed by atoms with Gasteiger partial charge in [0.15, 0.2) is 0 Å². The Bertz CT molecular complexity index is 4100. The molecule has 0 atom stereocenters. The fourth-order valence-corrected chi connectivity index (χ4v) is 9.08. The van der Waals surface area contributed by atoms with Gasteiger partial charge >= 0.3 is 18.1 Å². The van der Waals surface area contributed by atoms with Crippen LogP contribution in [0.1, 0.15) is 75.2 Å². The molecule has 88 heavy (non-hydrogen) atoms. The number of fused-ring (bicyclic) bond motifs is 2. The number of urea groups is 3. The number of carbonyl (C=O) groups excluding carboxylic acids is 4. The quantitative estimate of drug-likeness (QED) is 0.0375. The summed E-state index contributed by atoms with van der Waals surface area (Å²) in [5, 5.41) is 30.4. The van der Waals surface area contributed by atoms with Crippen LogP contribution in [0.15, 0.2) is 175 Å². The lowest BCUT2D eigenvalue weighted by Crippen LogP contribution is -2.25. The van der Waals surface area contributed by atoms with Crippen molar-refractivity contribution in [1.29, 1.82) is 0 Å². The van der Waals surface area contributed by atoms with Crippen LogP contribution < -0.4 is 47.1 Å². The highest BCUT2D eigenvalue weighted by Gasteiger charge is 2.24. The molecule has 0 aliphatic carbocycles. The smallest absolute Gasteiger partial charge is 0.324 e. The molecule has 20 nitrogen and oxygen atoms in total. The Labute approximate surface area is 512 Å². The van der Waals surface area contributed by atoms with Gasteiger partial charge in [0.2, 0.25) is 6.08 Å². The number of amides is 6. The molecule has 0 unspecified atom stereocenters. The van der Waals surface area contributed by atoms with E-state index in [4.69, 9.17) is 30.2 Å². The van der Waals surface area contributed by atoms with Crippen molar-refractivity contribution in [3.63, 3.8) is 0 Å². The number of nitrogen functional groups attached to an aromatic ring is 1. The minimum absolute atomic E-state index is 0.182. The second kappa shape index (κ2) is 28.8. The highest BCUT2D eigenvalue weighted by Crippen LogP contribution is 2.35. The van der Waals surface area contributed by atoms with Gasteiger partial charge in [-0.15, -0.1) is 0 Å². The summed E-state index contributed by atoms with van der Waals surface area (Å²) < 4.78 is 15.8. The number of aliphatic imine (C=N–C) groups is 1. The van der Waals surface area contributed by atoms with E-state index in [2.05, 4.69) is 88.4 Å². The lowest BCUT2D eigenvalue weighted by atomic mass is 9.92. The number of benzene rings is 6. The number of isocyanates is 1. The first kappa shape index (κ1) is 63.2. The number of hydrogen-bond donors (Lipinski definition) is 7. The molecule has 4 aromatic heterocycles. The van der Waals surface area contributed by atoms with Crippen molar-refractivity contribution < 1.29 is 28.7 Å². The number of hydrogen-bond acceptors (Lipinski definition) is 12. The van der Waals surface area contributed by atoms with E-state index in [1.165, 1.54) is 13.1 Å². The van der Waals surface area contributed by atoms with E-state index in [-0.39, 0.29) is 28.9 Å². The molecule has 0 fully saturated rings. The summed E-state index contributed by atoms with van der Waals surface area (Å²) in [5.41, 5.74) is 14.6. The number of rotatable bonds is 15. The van der Waals surface area contributed by atoms with Crippen LogP contribution >= 0.6 is 0 Å². The van der Waals surface area contributed by atoms with E-state index in [0.717, 1.165) is 72.3 Å².